The lowest BCUT2D eigenvalue weighted by Crippen LogP contribution is -2.19. The number of hydrogen-bond acceptors (Lipinski definition) is 1. The molecule has 2 atom stereocenters. The Morgan fingerprint density at radius 2 is 2.11 bits per heavy atom. The van der Waals surface area contributed by atoms with Crippen molar-refractivity contribution in [3.8, 4) is 0 Å². The van der Waals surface area contributed by atoms with E-state index in [1.165, 1.54) is 6.42 Å². The standard InChI is InChI=1S/C8H16O/c1-6(2)8-7(3)4-5-9-8/h6-8H,4-5H2,1-3H3/t7-,8?/m0/s1. The molecular formula is C8H16O. The molecule has 1 aliphatic rings. The van der Waals surface area contributed by atoms with E-state index in [1.807, 2.05) is 0 Å². The van der Waals surface area contributed by atoms with Crippen molar-refractivity contribution in [2.24, 2.45) is 11.8 Å². The Balaban J connectivity index is 2.40. The number of hydrogen-bond donors (Lipinski definition) is 0. The maximum absolute atomic E-state index is 5.53. The van der Waals surface area contributed by atoms with Crippen molar-refractivity contribution in [1.82, 2.24) is 0 Å². The summed E-state index contributed by atoms with van der Waals surface area (Å²) in [5, 5.41) is 0. The van der Waals surface area contributed by atoms with Gasteiger partial charge in [-0.1, -0.05) is 20.8 Å². The van der Waals surface area contributed by atoms with Gasteiger partial charge in [0, 0.05) is 6.61 Å². The second kappa shape index (κ2) is 2.70. The molecule has 0 aromatic heterocycles. The molecule has 0 spiro atoms. The predicted octanol–water partition coefficient (Wildman–Crippen LogP) is 2.07. The molecule has 0 N–H and O–H groups in total. The van der Waals surface area contributed by atoms with Crippen molar-refractivity contribution in [2.75, 3.05) is 6.61 Å². The SMILES string of the molecule is CC(C)C1OCC[C@@H]1C. The van der Waals surface area contributed by atoms with Gasteiger partial charge >= 0.3 is 0 Å². The van der Waals surface area contributed by atoms with Gasteiger partial charge in [-0.3, -0.25) is 0 Å². The highest BCUT2D eigenvalue weighted by Gasteiger charge is 2.26. The molecule has 1 nitrogen and oxygen atoms in total. The van der Waals surface area contributed by atoms with E-state index < -0.39 is 0 Å². The van der Waals surface area contributed by atoms with Crippen LogP contribution in [0.3, 0.4) is 0 Å². The number of ether oxygens (including phenoxy) is 1. The third-order valence-corrected chi connectivity index (χ3v) is 2.10. The summed E-state index contributed by atoms with van der Waals surface area (Å²) in [4.78, 5) is 0. The van der Waals surface area contributed by atoms with Gasteiger partial charge in [-0.25, -0.2) is 0 Å². The summed E-state index contributed by atoms with van der Waals surface area (Å²) in [6.07, 6.45) is 1.79. The van der Waals surface area contributed by atoms with Crippen LogP contribution >= 0.6 is 0 Å². The smallest absolute Gasteiger partial charge is 0.0624 e. The summed E-state index contributed by atoms with van der Waals surface area (Å²) in [5.41, 5.74) is 0. The van der Waals surface area contributed by atoms with Crippen LogP contribution < -0.4 is 0 Å². The molecule has 9 heavy (non-hydrogen) atoms. The fourth-order valence-corrected chi connectivity index (χ4v) is 1.57. The Kier molecular flexibility index (Phi) is 2.12. The average Bonchev–Trinajstić information content (AvgIpc) is 2.13. The summed E-state index contributed by atoms with van der Waals surface area (Å²) in [6, 6.07) is 0. The van der Waals surface area contributed by atoms with Crippen LogP contribution in [0.5, 0.6) is 0 Å². The highest BCUT2D eigenvalue weighted by molar-refractivity contribution is 4.74. The lowest BCUT2D eigenvalue weighted by molar-refractivity contribution is 0.0577. The molecule has 0 aromatic carbocycles. The van der Waals surface area contributed by atoms with Crippen LogP contribution in [0.15, 0.2) is 0 Å². The van der Waals surface area contributed by atoms with E-state index in [2.05, 4.69) is 20.8 Å². The summed E-state index contributed by atoms with van der Waals surface area (Å²) in [5.74, 6) is 1.48. The third-order valence-electron chi connectivity index (χ3n) is 2.10. The van der Waals surface area contributed by atoms with Gasteiger partial charge in [0.25, 0.3) is 0 Å². The third kappa shape index (κ3) is 1.45. The molecule has 0 amide bonds. The summed E-state index contributed by atoms with van der Waals surface area (Å²) in [6.45, 7) is 7.71. The summed E-state index contributed by atoms with van der Waals surface area (Å²) < 4.78 is 5.53. The molecular weight excluding hydrogens is 112 g/mol. The first-order valence-electron chi connectivity index (χ1n) is 3.83. The maximum Gasteiger partial charge on any atom is 0.0624 e. The molecule has 1 aliphatic heterocycles. The quantitative estimate of drug-likeness (QED) is 0.525. The van der Waals surface area contributed by atoms with Crippen LogP contribution in [0.2, 0.25) is 0 Å². The van der Waals surface area contributed by atoms with Gasteiger partial charge in [-0.2, -0.15) is 0 Å². The molecule has 0 radical (unpaired) electrons. The molecule has 1 rings (SSSR count). The second-order valence-corrected chi connectivity index (χ2v) is 3.35. The van der Waals surface area contributed by atoms with Gasteiger partial charge in [-0.05, 0) is 18.3 Å². The van der Waals surface area contributed by atoms with Crippen molar-refractivity contribution in [2.45, 2.75) is 33.3 Å². The topological polar surface area (TPSA) is 9.23 Å². The predicted molar refractivity (Wildman–Crippen MR) is 38.4 cm³/mol. The number of rotatable bonds is 1. The molecule has 54 valence electrons. The van der Waals surface area contributed by atoms with Crippen LogP contribution in [-0.2, 0) is 4.74 Å². The van der Waals surface area contributed by atoms with Crippen molar-refractivity contribution < 1.29 is 4.74 Å². The first-order chi connectivity index (χ1) is 4.22. The minimum Gasteiger partial charge on any atom is -0.378 e. The maximum atomic E-state index is 5.53. The lowest BCUT2D eigenvalue weighted by Gasteiger charge is -2.17. The van der Waals surface area contributed by atoms with Gasteiger partial charge in [0.05, 0.1) is 6.10 Å². The molecule has 1 unspecified atom stereocenters. The molecule has 1 heterocycles. The monoisotopic (exact) mass is 128 g/mol. The van der Waals surface area contributed by atoms with Gasteiger partial charge in [0.1, 0.15) is 0 Å². The normalized spacial score (nSPS) is 36.0. The first-order valence-corrected chi connectivity index (χ1v) is 3.83. The highest BCUT2D eigenvalue weighted by atomic mass is 16.5. The molecule has 1 saturated heterocycles. The van der Waals surface area contributed by atoms with E-state index in [9.17, 15) is 0 Å². The van der Waals surface area contributed by atoms with Gasteiger partial charge in [0.2, 0.25) is 0 Å². The van der Waals surface area contributed by atoms with E-state index in [0.29, 0.717) is 12.0 Å². The Bertz CT molecular complexity index is 88.6. The molecule has 1 heteroatoms. The Labute approximate surface area is 57.4 Å². The molecule has 0 saturated carbocycles. The fraction of sp³-hybridized carbons (Fsp3) is 1.00. The van der Waals surface area contributed by atoms with E-state index in [-0.39, 0.29) is 0 Å². The zero-order valence-corrected chi connectivity index (χ0v) is 6.55. The zero-order chi connectivity index (χ0) is 6.85. The zero-order valence-electron chi connectivity index (χ0n) is 6.55. The van der Waals surface area contributed by atoms with E-state index in [4.69, 9.17) is 4.74 Å². The lowest BCUT2D eigenvalue weighted by atomic mass is 9.95. The van der Waals surface area contributed by atoms with Crippen LogP contribution in [0.25, 0.3) is 0 Å². The van der Waals surface area contributed by atoms with E-state index in [1.54, 1.807) is 0 Å². The van der Waals surface area contributed by atoms with Crippen molar-refractivity contribution >= 4 is 0 Å². The van der Waals surface area contributed by atoms with Gasteiger partial charge in [0.15, 0.2) is 0 Å². The minimum absolute atomic E-state index is 0.532. The van der Waals surface area contributed by atoms with Gasteiger partial charge < -0.3 is 4.74 Å². The van der Waals surface area contributed by atoms with Crippen LogP contribution in [-0.4, -0.2) is 12.7 Å². The Morgan fingerprint density at radius 1 is 1.44 bits per heavy atom. The first kappa shape index (κ1) is 7.07. The van der Waals surface area contributed by atoms with Crippen LogP contribution in [0.4, 0.5) is 0 Å². The van der Waals surface area contributed by atoms with E-state index >= 15 is 0 Å². The molecule has 0 aromatic rings. The Morgan fingerprint density at radius 3 is 2.33 bits per heavy atom. The van der Waals surface area contributed by atoms with Gasteiger partial charge in [-0.15, -0.1) is 0 Å². The van der Waals surface area contributed by atoms with Crippen LogP contribution in [0.1, 0.15) is 27.2 Å². The summed E-state index contributed by atoms with van der Waals surface area (Å²) in [7, 11) is 0. The second-order valence-electron chi connectivity index (χ2n) is 3.35. The fourth-order valence-electron chi connectivity index (χ4n) is 1.57. The highest BCUT2D eigenvalue weighted by Crippen LogP contribution is 2.25. The Hall–Kier alpha value is -0.0400. The van der Waals surface area contributed by atoms with E-state index in [0.717, 1.165) is 12.5 Å². The largest absolute Gasteiger partial charge is 0.378 e. The molecule has 1 fully saturated rings. The van der Waals surface area contributed by atoms with Crippen molar-refractivity contribution in [3.63, 3.8) is 0 Å². The van der Waals surface area contributed by atoms with Crippen molar-refractivity contribution in [3.05, 3.63) is 0 Å². The average molecular weight is 128 g/mol. The molecule has 0 aliphatic carbocycles. The minimum atomic E-state index is 0.532. The van der Waals surface area contributed by atoms with Crippen LogP contribution in [0, 0.1) is 11.8 Å². The molecule has 0 bridgehead atoms. The summed E-state index contributed by atoms with van der Waals surface area (Å²) >= 11 is 0. The van der Waals surface area contributed by atoms with Crippen molar-refractivity contribution in [1.29, 1.82) is 0 Å².